The summed E-state index contributed by atoms with van der Waals surface area (Å²) in [4.78, 5) is 4.73. The van der Waals surface area contributed by atoms with Crippen molar-refractivity contribution in [2.24, 2.45) is 0 Å². The van der Waals surface area contributed by atoms with E-state index in [1.807, 2.05) is 7.05 Å². The second-order valence-corrected chi connectivity index (χ2v) is 6.63. The summed E-state index contributed by atoms with van der Waals surface area (Å²) in [6.07, 6.45) is 9.42. The number of nitrogens with zero attached hydrogens (tertiary/aromatic N) is 2. The summed E-state index contributed by atoms with van der Waals surface area (Å²) in [6.45, 7) is 2.88. The molecular weight excluding hydrogens is 266 g/mol. The standard InChI is InChI=1S/C16H27N3O2/c1-16(10-6-7-11-20-16)15-18-14(21-19-15)12-8-4-3-5-9-13(12)17-2/h12-13,17H,3-11H2,1-2H3. The van der Waals surface area contributed by atoms with Crippen LogP contribution in [0, 0.1) is 0 Å². The maximum Gasteiger partial charge on any atom is 0.231 e. The van der Waals surface area contributed by atoms with Gasteiger partial charge in [-0.2, -0.15) is 4.98 Å². The monoisotopic (exact) mass is 293 g/mol. The minimum absolute atomic E-state index is 0.339. The zero-order valence-electron chi connectivity index (χ0n) is 13.2. The van der Waals surface area contributed by atoms with Crippen molar-refractivity contribution in [3.63, 3.8) is 0 Å². The molecule has 2 fully saturated rings. The predicted molar refractivity (Wildman–Crippen MR) is 80.1 cm³/mol. The van der Waals surface area contributed by atoms with E-state index in [1.54, 1.807) is 0 Å². The van der Waals surface area contributed by atoms with Crippen molar-refractivity contribution in [3.05, 3.63) is 11.7 Å². The molecule has 1 aromatic heterocycles. The molecule has 1 N–H and O–H groups in total. The van der Waals surface area contributed by atoms with Gasteiger partial charge in [-0.05, 0) is 46.1 Å². The van der Waals surface area contributed by atoms with Gasteiger partial charge in [0.2, 0.25) is 11.7 Å². The molecule has 2 aliphatic rings. The summed E-state index contributed by atoms with van der Waals surface area (Å²) in [5, 5.41) is 7.68. The fraction of sp³-hybridized carbons (Fsp3) is 0.875. The van der Waals surface area contributed by atoms with Gasteiger partial charge in [0, 0.05) is 12.6 Å². The lowest BCUT2D eigenvalue weighted by Crippen LogP contribution is -2.32. The highest BCUT2D eigenvalue weighted by molar-refractivity contribution is 5.05. The first-order valence-electron chi connectivity index (χ1n) is 8.38. The van der Waals surface area contributed by atoms with Gasteiger partial charge in [-0.25, -0.2) is 0 Å². The quantitative estimate of drug-likeness (QED) is 0.868. The van der Waals surface area contributed by atoms with Crippen molar-refractivity contribution >= 4 is 0 Å². The third-order valence-electron chi connectivity index (χ3n) is 5.09. The molecule has 0 bridgehead atoms. The average Bonchev–Trinajstić information content (AvgIpc) is 2.88. The van der Waals surface area contributed by atoms with Crippen LogP contribution in [0.15, 0.2) is 4.52 Å². The van der Waals surface area contributed by atoms with E-state index in [4.69, 9.17) is 14.2 Å². The van der Waals surface area contributed by atoms with Gasteiger partial charge < -0.3 is 14.6 Å². The van der Waals surface area contributed by atoms with Gasteiger partial charge in [0.1, 0.15) is 5.60 Å². The number of aromatic nitrogens is 2. The molecule has 3 atom stereocenters. The first-order valence-corrected chi connectivity index (χ1v) is 8.38. The van der Waals surface area contributed by atoms with Crippen LogP contribution in [0.1, 0.15) is 75.9 Å². The molecule has 1 saturated heterocycles. The molecule has 0 amide bonds. The largest absolute Gasteiger partial charge is 0.367 e. The molecule has 1 aliphatic carbocycles. The molecule has 0 spiro atoms. The first-order chi connectivity index (χ1) is 10.2. The Bertz CT molecular complexity index is 454. The van der Waals surface area contributed by atoms with E-state index in [1.165, 1.54) is 32.1 Å². The molecule has 0 aromatic carbocycles. The van der Waals surface area contributed by atoms with Gasteiger partial charge in [-0.1, -0.05) is 24.4 Å². The zero-order chi connectivity index (χ0) is 14.7. The summed E-state index contributed by atoms with van der Waals surface area (Å²) in [5.41, 5.74) is -0.361. The Morgan fingerprint density at radius 1 is 1.14 bits per heavy atom. The van der Waals surface area contributed by atoms with E-state index < -0.39 is 0 Å². The molecule has 3 unspecified atom stereocenters. The van der Waals surface area contributed by atoms with Gasteiger partial charge in [-0.3, -0.25) is 0 Å². The van der Waals surface area contributed by atoms with Crippen LogP contribution in [0.4, 0.5) is 0 Å². The van der Waals surface area contributed by atoms with E-state index in [9.17, 15) is 0 Å². The van der Waals surface area contributed by atoms with E-state index in [-0.39, 0.29) is 5.60 Å². The average molecular weight is 293 g/mol. The Morgan fingerprint density at radius 3 is 2.76 bits per heavy atom. The molecular formula is C16H27N3O2. The number of hydrogen-bond donors (Lipinski definition) is 1. The number of rotatable bonds is 3. The molecule has 1 aliphatic heterocycles. The topological polar surface area (TPSA) is 60.2 Å². The Labute approximate surface area is 126 Å². The van der Waals surface area contributed by atoms with Crippen molar-refractivity contribution in [1.29, 1.82) is 0 Å². The normalized spacial score (nSPS) is 34.6. The van der Waals surface area contributed by atoms with Crippen molar-refractivity contribution in [1.82, 2.24) is 15.5 Å². The van der Waals surface area contributed by atoms with Crippen LogP contribution >= 0.6 is 0 Å². The summed E-state index contributed by atoms with van der Waals surface area (Å²) in [7, 11) is 2.03. The molecule has 2 heterocycles. The first kappa shape index (κ1) is 15.0. The van der Waals surface area contributed by atoms with Crippen LogP contribution in [0.2, 0.25) is 0 Å². The molecule has 5 nitrogen and oxygen atoms in total. The van der Waals surface area contributed by atoms with Crippen LogP contribution in [0.25, 0.3) is 0 Å². The Kier molecular flexibility index (Phi) is 4.60. The van der Waals surface area contributed by atoms with Crippen LogP contribution in [0.3, 0.4) is 0 Å². The Hall–Kier alpha value is -0.940. The highest BCUT2D eigenvalue weighted by Crippen LogP contribution is 2.35. The molecule has 21 heavy (non-hydrogen) atoms. The zero-order valence-corrected chi connectivity index (χ0v) is 13.2. The molecule has 1 saturated carbocycles. The summed E-state index contributed by atoms with van der Waals surface area (Å²) in [6, 6.07) is 0.445. The lowest BCUT2D eigenvalue weighted by atomic mass is 9.93. The van der Waals surface area contributed by atoms with Crippen LogP contribution in [-0.4, -0.2) is 29.8 Å². The minimum atomic E-state index is -0.361. The fourth-order valence-electron chi connectivity index (χ4n) is 3.66. The SMILES string of the molecule is CNC1CCCCCC1c1nc(C2(C)CCCCO2)no1. The Balaban J connectivity index is 1.79. The van der Waals surface area contributed by atoms with Gasteiger partial charge in [0.25, 0.3) is 0 Å². The lowest BCUT2D eigenvalue weighted by molar-refractivity contribution is -0.0770. The molecule has 118 valence electrons. The number of likely N-dealkylation sites (N-methyl/N-ethyl adjacent to an activating group) is 1. The van der Waals surface area contributed by atoms with Crippen LogP contribution in [0.5, 0.6) is 0 Å². The number of nitrogens with one attached hydrogen (secondary N) is 1. The van der Waals surface area contributed by atoms with Crippen LogP contribution in [-0.2, 0) is 10.3 Å². The van der Waals surface area contributed by atoms with E-state index in [0.29, 0.717) is 12.0 Å². The van der Waals surface area contributed by atoms with Gasteiger partial charge in [0.15, 0.2) is 0 Å². The van der Waals surface area contributed by atoms with Crippen molar-refractivity contribution < 1.29 is 9.26 Å². The van der Waals surface area contributed by atoms with Gasteiger partial charge in [0.05, 0.1) is 5.92 Å². The maximum absolute atomic E-state index is 5.93. The predicted octanol–water partition coefficient (Wildman–Crippen LogP) is 3.12. The third-order valence-corrected chi connectivity index (χ3v) is 5.09. The summed E-state index contributed by atoms with van der Waals surface area (Å²) >= 11 is 0. The summed E-state index contributed by atoms with van der Waals surface area (Å²) < 4.78 is 11.6. The highest BCUT2D eigenvalue weighted by Gasteiger charge is 2.37. The molecule has 5 heteroatoms. The number of hydrogen-bond acceptors (Lipinski definition) is 5. The molecule has 0 radical (unpaired) electrons. The Morgan fingerprint density at radius 2 is 2.00 bits per heavy atom. The second kappa shape index (κ2) is 6.44. The van der Waals surface area contributed by atoms with Crippen LogP contribution < -0.4 is 5.32 Å². The summed E-state index contributed by atoms with van der Waals surface area (Å²) in [5.74, 6) is 1.86. The number of ether oxygens (including phenoxy) is 1. The minimum Gasteiger partial charge on any atom is -0.367 e. The van der Waals surface area contributed by atoms with Crippen molar-refractivity contribution in [3.8, 4) is 0 Å². The van der Waals surface area contributed by atoms with Crippen molar-refractivity contribution in [2.75, 3.05) is 13.7 Å². The second-order valence-electron chi connectivity index (χ2n) is 6.63. The third kappa shape index (κ3) is 3.14. The van der Waals surface area contributed by atoms with Crippen molar-refractivity contribution in [2.45, 2.75) is 75.9 Å². The van der Waals surface area contributed by atoms with E-state index in [2.05, 4.69) is 17.4 Å². The van der Waals surface area contributed by atoms with E-state index >= 15 is 0 Å². The maximum atomic E-state index is 5.93. The molecule has 3 rings (SSSR count). The van der Waals surface area contributed by atoms with Gasteiger partial charge >= 0.3 is 0 Å². The van der Waals surface area contributed by atoms with Gasteiger partial charge in [-0.15, -0.1) is 0 Å². The smallest absolute Gasteiger partial charge is 0.231 e. The lowest BCUT2D eigenvalue weighted by Gasteiger charge is -2.30. The molecule has 1 aromatic rings. The fourth-order valence-corrected chi connectivity index (χ4v) is 3.66. The van der Waals surface area contributed by atoms with E-state index in [0.717, 1.165) is 37.6 Å². The highest BCUT2D eigenvalue weighted by atomic mass is 16.5.